The molecule has 0 aliphatic rings. The number of rotatable bonds is 6. The standard InChI is InChI=1S/C22H18ClN3O/c23-19-5-3-4-17(12-19)14-25-15-20(24-16-25)13-22(27)18-6-8-21(9-7-18)26-10-1-2-11-26/h1-12,15-16H,13-14H2. The van der Waals surface area contributed by atoms with E-state index in [0.717, 1.165) is 16.9 Å². The zero-order chi connectivity index (χ0) is 18.6. The maximum Gasteiger partial charge on any atom is 0.168 e. The van der Waals surface area contributed by atoms with Gasteiger partial charge in [-0.15, -0.1) is 0 Å². The molecule has 0 radical (unpaired) electrons. The fourth-order valence-electron chi connectivity index (χ4n) is 3.02. The van der Waals surface area contributed by atoms with Crippen LogP contribution in [0.5, 0.6) is 0 Å². The van der Waals surface area contributed by atoms with Crippen LogP contribution in [0.1, 0.15) is 21.6 Å². The van der Waals surface area contributed by atoms with Crippen molar-refractivity contribution in [3.8, 4) is 5.69 Å². The van der Waals surface area contributed by atoms with Gasteiger partial charge in [0.1, 0.15) is 0 Å². The van der Waals surface area contributed by atoms with E-state index in [1.165, 1.54) is 0 Å². The molecular formula is C22H18ClN3O. The Morgan fingerprint density at radius 3 is 2.52 bits per heavy atom. The highest BCUT2D eigenvalue weighted by atomic mass is 35.5. The van der Waals surface area contributed by atoms with Crippen molar-refractivity contribution in [1.29, 1.82) is 0 Å². The quantitative estimate of drug-likeness (QED) is 0.454. The van der Waals surface area contributed by atoms with E-state index in [9.17, 15) is 4.79 Å². The molecule has 0 saturated carbocycles. The summed E-state index contributed by atoms with van der Waals surface area (Å²) in [5.74, 6) is 0.0575. The number of ketones is 1. The normalized spacial score (nSPS) is 10.9. The summed E-state index contributed by atoms with van der Waals surface area (Å²) in [4.78, 5) is 16.9. The average Bonchev–Trinajstić information content (AvgIpc) is 3.34. The monoisotopic (exact) mass is 375 g/mol. The van der Waals surface area contributed by atoms with Crippen molar-refractivity contribution in [2.75, 3.05) is 0 Å². The van der Waals surface area contributed by atoms with Gasteiger partial charge in [-0.05, 0) is 54.1 Å². The second-order valence-corrected chi connectivity index (χ2v) is 6.84. The molecular weight excluding hydrogens is 358 g/mol. The van der Waals surface area contributed by atoms with Gasteiger partial charge >= 0.3 is 0 Å². The summed E-state index contributed by atoms with van der Waals surface area (Å²) in [5, 5.41) is 0.714. The Balaban J connectivity index is 1.42. The van der Waals surface area contributed by atoms with E-state index in [1.54, 1.807) is 6.33 Å². The number of Topliss-reactive ketones (excluding diaryl/α,β-unsaturated/α-hetero) is 1. The van der Waals surface area contributed by atoms with E-state index in [1.807, 2.05) is 88.4 Å². The van der Waals surface area contributed by atoms with Gasteiger partial charge in [0.2, 0.25) is 0 Å². The van der Waals surface area contributed by atoms with Crippen molar-refractivity contribution >= 4 is 17.4 Å². The van der Waals surface area contributed by atoms with Gasteiger partial charge in [-0.1, -0.05) is 23.7 Å². The van der Waals surface area contributed by atoms with Gasteiger partial charge in [0.05, 0.1) is 18.4 Å². The molecule has 0 saturated heterocycles. The molecule has 0 N–H and O–H groups in total. The van der Waals surface area contributed by atoms with Gasteiger partial charge < -0.3 is 9.13 Å². The third-order valence-corrected chi connectivity index (χ3v) is 4.61. The lowest BCUT2D eigenvalue weighted by Gasteiger charge is -2.04. The highest BCUT2D eigenvalue weighted by Crippen LogP contribution is 2.14. The van der Waals surface area contributed by atoms with Gasteiger partial charge in [-0.25, -0.2) is 4.98 Å². The van der Waals surface area contributed by atoms with E-state index < -0.39 is 0 Å². The number of hydrogen-bond donors (Lipinski definition) is 0. The molecule has 2 heterocycles. The van der Waals surface area contributed by atoms with Crippen molar-refractivity contribution in [3.63, 3.8) is 0 Å². The van der Waals surface area contributed by atoms with E-state index in [4.69, 9.17) is 11.6 Å². The number of carbonyl (C=O) groups is 1. The van der Waals surface area contributed by atoms with E-state index >= 15 is 0 Å². The smallest absolute Gasteiger partial charge is 0.168 e. The summed E-state index contributed by atoms with van der Waals surface area (Å²) in [6, 6.07) is 19.3. The van der Waals surface area contributed by atoms with Crippen LogP contribution in [0.2, 0.25) is 5.02 Å². The summed E-state index contributed by atoms with van der Waals surface area (Å²) >= 11 is 6.03. The van der Waals surface area contributed by atoms with Crippen LogP contribution in [0.15, 0.2) is 85.6 Å². The van der Waals surface area contributed by atoms with Gasteiger partial charge in [0.25, 0.3) is 0 Å². The summed E-state index contributed by atoms with van der Waals surface area (Å²) < 4.78 is 3.97. The van der Waals surface area contributed by atoms with E-state index in [-0.39, 0.29) is 12.2 Å². The van der Waals surface area contributed by atoms with Crippen LogP contribution in [0.4, 0.5) is 0 Å². The molecule has 0 bridgehead atoms. The van der Waals surface area contributed by atoms with Crippen LogP contribution < -0.4 is 0 Å². The van der Waals surface area contributed by atoms with Gasteiger partial charge in [0.15, 0.2) is 5.78 Å². The average molecular weight is 376 g/mol. The molecule has 0 aliphatic carbocycles. The lowest BCUT2D eigenvalue weighted by atomic mass is 10.1. The third kappa shape index (κ3) is 4.18. The molecule has 4 nitrogen and oxygen atoms in total. The fraction of sp³-hybridized carbons (Fsp3) is 0.0909. The number of benzene rings is 2. The maximum absolute atomic E-state index is 12.6. The second-order valence-electron chi connectivity index (χ2n) is 6.40. The predicted octanol–water partition coefficient (Wildman–Crippen LogP) is 4.80. The van der Waals surface area contributed by atoms with Crippen molar-refractivity contribution in [3.05, 3.63) is 107 Å². The summed E-state index contributed by atoms with van der Waals surface area (Å²) in [6.07, 6.45) is 7.89. The molecule has 0 unspecified atom stereocenters. The predicted molar refractivity (Wildman–Crippen MR) is 107 cm³/mol. The lowest BCUT2D eigenvalue weighted by Crippen LogP contribution is -2.04. The first-order valence-electron chi connectivity index (χ1n) is 8.69. The van der Waals surface area contributed by atoms with Crippen LogP contribution in [-0.4, -0.2) is 19.9 Å². The van der Waals surface area contributed by atoms with Crippen molar-refractivity contribution in [2.24, 2.45) is 0 Å². The molecule has 4 rings (SSSR count). The molecule has 4 aromatic rings. The Morgan fingerprint density at radius 2 is 1.78 bits per heavy atom. The number of aromatic nitrogens is 3. The zero-order valence-corrected chi connectivity index (χ0v) is 15.4. The van der Waals surface area contributed by atoms with Gasteiger partial charge in [-0.3, -0.25) is 4.79 Å². The molecule has 0 spiro atoms. The number of halogens is 1. The molecule has 0 atom stereocenters. The first-order valence-corrected chi connectivity index (χ1v) is 9.07. The minimum atomic E-state index is 0.0575. The second kappa shape index (κ2) is 7.64. The number of hydrogen-bond acceptors (Lipinski definition) is 2. The Morgan fingerprint density at radius 1 is 1.00 bits per heavy atom. The zero-order valence-electron chi connectivity index (χ0n) is 14.6. The molecule has 5 heteroatoms. The van der Waals surface area contributed by atoms with Gasteiger partial charge in [-0.2, -0.15) is 0 Å². The minimum Gasteiger partial charge on any atom is -0.333 e. The highest BCUT2D eigenvalue weighted by molar-refractivity contribution is 6.30. The Labute approximate surface area is 162 Å². The SMILES string of the molecule is O=C(Cc1cn(Cc2cccc(Cl)c2)cn1)c1ccc(-n2cccc2)cc1. The van der Waals surface area contributed by atoms with Crippen molar-refractivity contribution in [2.45, 2.75) is 13.0 Å². The van der Waals surface area contributed by atoms with Gasteiger partial charge in [0, 0.05) is 41.4 Å². The Bertz CT molecular complexity index is 1050. The number of imidazole rings is 1. The highest BCUT2D eigenvalue weighted by Gasteiger charge is 2.10. The Hall–Kier alpha value is -3.11. The first-order chi connectivity index (χ1) is 13.2. The third-order valence-electron chi connectivity index (χ3n) is 4.37. The molecule has 27 heavy (non-hydrogen) atoms. The molecule has 0 aliphatic heterocycles. The lowest BCUT2D eigenvalue weighted by molar-refractivity contribution is 0.0992. The van der Waals surface area contributed by atoms with Crippen molar-refractivity contribution in [1.82, 2.24) is 14.1 Å². The Kier molecular flexibility index (Phi) is 4.90. The van der Waals surface area contributed by atoms with E-state index in [0.29, 0.717) is 17.1 Å². The summed E-state index contributed by atoms with van der Waals surface area (Å²) in [6.45, 7) is 0.674. The largest absolute Gasteiger partial charge is 0.333 e. The van der Waals surface area contributed by atoms with Crippen LogP contribution in [0.25, 0.3) is 5.69 Å². The molecule has 0 amide bonds. The van der Waals surface area contributed by atoms with Crippen LogP contribution >= 0.6 is 11.6 Å². The van der Waals surface area contributed by atoms with Crippen LogP contribution in [0, 0.1) is 0 Å². The molecule has 2 aromatic heterocycles. The molecule has 2 aromatic carbocycles. The maximum atomic E-state index is 12.6. The number of carbonyl (C=O) groups excluding carboxylic acids is 1. The minimum absolute atomic E-state index is 0.0575. The molecule has 0 fully saturated rings. The van der Waals surface area contributed by atoms with Crippen molar-refractivity contribution < 1.29 is 4.79 Å². The first kappa shape index (κ1) is 17.3. The fourth-order valence-corrected chi connectivity index (χ4v) is 3.24. The summed E-state index contributed by atoms with van der Waals surface area (Å²) in [7, 11) is 0. The van der Waals surface area contributed by atoms with Crippen LogP contribution in [-0.2, 0) is 13.0 Å². The summed E-state index contributed by atoms with van der Waals surface area (Å²) in [5.41, 5.74) is 3.58. The number of nitrogens with zero attached hydrogens (tertiary/aromatic N) is 3. The van der Waals surface area contributed by atoms with Crippen LogP contribution in [0.3, 0.4) is 0 Å². The molecule has 134 valence electrons. The van der Waals surface area contributed by atoms with E-state index in [2.05, 4.69) is 4.98 Å². The topological polar surface area (TPSA) is 39.8 Å².